The summed E-state index contributed by atoms with van der Waals surface area (Å²) in [6, 6.07) is 6.70. The molecule has 30 heavy (non-hydrogen) atoms. The summed E-state index contributed by atoms with van der Waals surface area (Å²) >= 11 is 5.52. The van der Waals surface area contributed by atoms with E-state index in [1.54, 1.807) is 4.90 Å². The van der Waals surface area contributed by atoms with Crippen LogP contribution in [0.15, 0.2) is 35.2 Å². The van der Waals surface area contributed by atoms with Crippen LogP contribution in [-0.4, -0.2) is 37.9 Å². The molecule has 2 heterocycles. The minimum atomic E-state index is -4.24. The lowest BCUT2D eigenvalue weighted by Crippen LogP contribution is -2.50. The zero-order chi connectivity index (χ0) is 21.6. The zero-order valence-corrected chi connectivity index (χ0v) is 17.6. The second-order valence-corrected chi connectivity index (χ2v) is 9.70. The lowest BCUT2D eigenvalue weighted by Gasteiger charge is -2.39. The summed E-state index contributed by atoms with van der Waals surface area (Å²) in [6.07, 6.45) is 0.192. The van der Waals surface area contributed by atoms with Gasteiger partial charge >= 0.3 is 6.09 Å². The van der Waals surface area contributed by atoms with Crippen LogP contribution >= 0.6 is 11.6 Å². The Kier molecular flexibility index (Phi) is 5.46. The molecule has 4 rings (SSSR count). The van der Waals surface area contributed by atoms with Crippen LogP contribution in [0.25, 0.3) is 0 Å². The van der Waals surface area contributed by atoms with Crippen LogP contribution in [0, 0.1) is 18.6 Å². The predicted octanol–water partition coefficient (Wildman–Crippen LogP) is 4.24. The van der Waals surface area contributed by atoms with Crippen molar-refractivity contribution in [1.82, 2.24) is 4.31 Å². The third-order valence-corrected chi connectivity index (χ3v) is 7.63. The number of hydrogen-bond acceptors (Lipinski definition) is 4. The second kappa shape index (κ2) is 7.79. The van der Waals surface area contributed by atoms with Crippen molar-refractivity contribution >= 4 is 33.4 Å². The van der Waals surface area contributed by atoms with Gasteiger partial charge in [0.25, 0.3) is 0 Å². The molecule has 0 aliphatic carbocycles. The van der Waals surface area contributed by atoms with Crippen molar-refractivity contribution in [3.05, 3.63) is 58.1 Å². The van der Waals surface area contributed by atoms with Crippen LogP contribution in [0.1, 0.15) is 24.0 Å². The van der Waals surface area contributed by atoms with Crippen LogP contribution in [0.3, 0.4) is 0 Å². The van der Waals surface area contributed by atoms with E-state index in [4.69, 9.17) is 16.3 Å². The summed E-state index contributed by atoms with van der Waals surface area (Å²) in [5.74, 6) is -2.11. The second-order valence-electron chi connectivity index (χ2n) is 7.39. The fourth-order valence-corrected chi connectivity index (χ4v) is 5.58. The van der Waals surface area contributed by atoms with Crippen LogP contribution in [0.4, 0.5) is 19.3 Å². The van der Waals surface area contributed by atoms with Gasteiger partial charge in [-0.15, -0.1) is 0 Å². The van der Waals surface area contributed by atoms with Crippen molar-refractivity contribution in [3.8, 4) is 0 Å². The van der Waals surface area contributed by atoms with Gasteiger partial charge in [-0.25, -0.2) is 22.0 Å². The summed E-state index contributed by atoms with van der Waals surface area (Å²) in [5, 5.41) is -0.484. The zero-order valence-electron chi connectivity index (χ0n) is 16.1. The Labute approximate surface area is 178 Å². The number of fused-ring (bicyclic) bond motifs is 1. The quantitative estimate of drug-likeness (QED) is 0.648. The third-order valence-electron chi connectivity index (χ3n) is 5.42. The molecule has 1 amide bonds. The number of piperidine rings is 1. The normalized spacial score (nSPS) is 18.3. The molecule has 0 saturated carbocycles. The molecule has 1 saturated heterocycles. The average molecular weight is 457 g/mol. The molecular formula is C20H19ClF2N2O4S. The molecule has 0 aromatic heterocycles. The van der Waals surface area contributed by atoms with E-state index in [9.17, 15) is 22.0 Å². The van der Waals surface area contributed by atoms with E-state index >= 15 is 0 Å². The van der Waals surface area contributed by atoms with Crippen LogP contribution in [0.2, 0.25) is 5.02 Å². The summed E-state index contributed by atoms with van der Waals surface area (Å²) < 4.78 is 59.9. The van der Waals surface area contributed by atoms with Crippen molar-refractivity contribution in [2.24, 2.45) is 0 Å². The highest BCUT2D eigenvalue weighted by atomic mass is 35.5. The number of sulfonamides is 1. The van der Waals surface area contributed by atoms with Crippen LogP contribution < -0.4 is 4.90 Å². The van der Waals surface area contributed by atoms with Gasteiger partial charge in [-0.05, 0) is 38.0 Å². The number of hydrogen-bond donors (Lipinski definition) is 0. The Morgan fingerprint density at radius 1 is 1.10 bits per heavy atom. The van der Waals surface area contributed by atoms with Crippen LogP contribution in [0.5, 0.6) is 0 Å². The monoisotopic (exact) mass is 456 g/mol. The van der Waals surface area contributed by atoms with Crippen molar-refractivity contribution in [2.75, 3.05) is 18.0 Å². The number of nitrogens with zero attached hydrogens (tertiary/aromatic N) is 2. The number of rotatable bonds is 3. The molecule has 0 N–H and O–H groups in total. The molecule has 0 bridgehead atoms. The lowest BCUT2D eigenvalue weighted by molar-refractivity contribution is 0.135. The minimum absolute atomic E-state index is 0.0572. The highest BCUT2D eigenvalue weighted by molar-refractivity contribution is 7.89. The van der Waals surface area contributed by atoms with E-state index in [1.165, 1.54) is 0 Å². The topological polar surface area (TPSA) is 66.9 Å². The van der Waals surface area contributed by atoms with Crippen molar-refractivity contribution < 1.29 is 26.7 Å². The van der Waals surface area contributed by atoms with E-state index in [0.717, 1.165) is 21.1 Å². The molecular weight excluding hydrogens is 438 g/mol. The number of benzene rings is 2. The molecule has 2 aromatic carbocycles. The number of halogens is 3. The van der Waals surface area contributed by atoms with Gasteiger partial charge in [-0.3, -0.25) is 4.90 Å². The predicted molar refractivity (Wildman–Crippen MR) is 107 cm³/mol. The third kappa shape index (κ3) is 3.66. The Hall–Kier alpha value is -2.23. The summed E-state index contributed by atoms with van der Waals surface area (Å²) in [4.78, 5) is 13.2. The number of ether oxygens (including phenoxy) is 1. The number of cyclic esters (lactones) is 1. The Morgan fingerprint density at radius 3 is 2.50 bits per heavy atom. The van der Waals surface area contributed by atoms with Gasteiger partial charge in [-0.2, -0.15) is 4.31 Å². The van der Waals surface area contributed by atoms with Gasteiger partial charge < -0.3 is 4.74 Å². The smallest absolute Gasteiger partial charge is 0.414 e. The standard InChI is InChI=1S/C20H19ClF2N2O4S/c1-12-2-3-18-13(8-12)11-29-20(26)25(18)14-4-6-24(7-5-14)30(27,28)19-10-16(22)15(21)9-17(19)23/h2-3,8-10,14H,4-7,11H2,1H3. The number of aryl methyl sites for hydroxylation is 1. The first-order valence-corrected chi connectivity index (χ1v) is 11.2. The average Bonchev–Trinajstić information content (AvgIpc) is 2.71. The Morgan fingerprint density at radius 2 is 1.80 bits per heavy atom. The molecule has 0 spiro atoms. The van der Waals surface area contributed by atoms with Gasteiger partial charge in [0.2, 0.25) is 10.0 Å². The SMILES string of the molecule is Cc1ccc2c(c1)COC(=O)N2C1CCN(S(=O)(=O)c2cc(F)c(Cl)cc2F)CC1. The number of amides is 1. The molecule has 2 aliphatic heterocycles. The van der Waals surface area contributed by atoms with E-state index in [1.807, 2.05) is 25.1 Å². The Balaban J connectivity index is 1.55. The minimum Gasteiger partial charge on any atom is -0.444 e. The highest BCUT2D eigenvalue weighted by Crippen LogP contribution is 2.34. The van der Waals surface area contributed by atoms with Gasteiger partial charge in [0.05, 0.1) is 10.7 Å². The number of carbonyl (C=O) groups excluding carboxylic acids is 1. The maximum atomic E-state index is 14.2. The van der Waals surface area contributed by atoms with Crippen molar-refractivity contribution in [3.63, 3.8) is 0 Å². The molecule has 160 valence electrons. The number of carbonyl (C=O) groups is 1. The fourth-order valence-electron chi connectivity index (χ4n) is 3.90. The lowest BCUT2D eigenvalue weighted by atomic mass is 10.0. The van der Waals surface area contributed by atoms with Crippen LogP contribution in [-0.2, 0) is 21.4 Å². The molecule has 6 nitrogen and oxygen atoms in total. The van der Waals surface area contributed by atoms with E-state index in [-0.39, 0.29) is 25.7 Å². The molecule has 2 aliphatic rings. The van der Waals surface area contributed by atoms with Gasteiger partial charge in [0, 0.05) is 24.7 Å². The van der Waals surface area contributed by atoms with E-state index in [2.05, 4.69) is 0 Å². The van der Waals surface area contributed by atoms with Gasteiger partial charge in [-0.1, -0.05) is 29.3 Å². The van der Waals surface area contributed by atoms with E-state index in [0.29, 0.717) is 25.0 Å². The first-order valence-electron chi connectivity index (χ1n) is 9.38. The number of anilines is 1. The largest absolute Gasteiger partial charge is 0.444 e. The van der Waals surface area contributed by atoms with E-state index < -0.39 is 37.7 Å². The molecule has 2 aromatic rings. The maximum absolute atomic E-state index is 14.2. The molecule has 0 atom stereocenters. The highest BCUT2D eigenvalue weighted by Gasteiger charge is 2.38. The molecule has 1 fully saturated rings. The van der Waals surface area contributed by atoms with Gasteiger partial charge in [0.15, 0.2) is 0 Å². The first-order chi connectivity index (χ1) is 14.2. The summed E-state index contributed by atoms with van der Waals surface area (Å²) in [7, 11) is -4.24. The molecule has 0 radical (unpaired) electrons. The van der Waals surface area contributed by atoms with Crippen molar-refractivity contribution in [1.29, 1.82) is 0 Å². The summed E-state index contributed by atoms with van der Waals surface area (Å²) in [5.41, 5.74) is 2.69. The Bertz CT molecular complexity index is 1120. The molecule has 10 heteroatoms. The maximum Gasteiger partial charge on any atom is 0.414 e. The van der Waals surface area contributed by atoms with Crippen molar-refractivity contribution in [2.45, 2.75) is 37.3 Å². The van der Waals surface area contributed by atoms with Gasteiger partial charge in [0.1, 0.15) is 23.1 Å². The summed E-state index contributed by atoms with van der Waals surface area (Å²) in [6.45, 7) is 2.26. The molecule has 0 unspecified atom stereocenters. The fraction of sp³-hybridized carbons (Fsp3) is 0.350. The first kappa shape index (κ1) is 21.0.